The molecule has 0 radical (unpaired) electrons. The number of alkyl halides is 2. The van der Waals surface area contributed by atoms with Crippen molar-refractivity contribution in [1.82, 2.24) is 5.32 Å². The van der Waals surface area contributed by atoms with Crippen LogP contribution < -0.4 is 10.1 Å². The summed E-state index contributed by atoms with van der Waals surface area (Å²) in [5, 5.41) is 3.48. The van der Waals surface area contributed by atoms with Gasteiger partial charge in [0, 0.05) is 19.2 Å². The molecule has 1 N–H and O–H groups in total. The van der Waals surface area contributed by atoms with Gasteiger partial charge in [-0.2, -0.15) is 8.78 Å². The molecule has 114 valence electrons. The second kappa shape index (κ2) is 8.17. The molecule has 5 heteroatoms. The molecule has 0 bridgehead atoms. The van der Waals surface area contributed by atoms with Crippen LogP contribution >= 0.6 is 0 Å². The lowest BCUT2D eigenvalue weighted by atomic mass is 10.0. The quantitative estimate of drug-likeness (QED) is 0.792. The molecule has 0 aliphatic heterocycles. The highest BCUT2D eigenvalue weighted by atomic mass is 19.3. The minimum absolute atomic E-state index is 0.109. The fourth-order valence-electron chi connectivity index (χ4n) is 1.97. The summed E-state index contributed by atoms with van der Waals surface area (Å²) in [7, 11) is 1.68. The maximum absolute atomic E-state index is 12.1. The Morgan fingerprint density at radius 1 is 1.10 bits per heavy atom. The molecule has 0 spiro atoms. The summed E-state index contributed by atoms with van der Waals surface area (Å²) in [6, 6.07) is 7.05. The first kappa shape index (κ1) is 16.9. The highest BCUT2D eigenvalue weighted by Crippen LogP contribution is 2.20. The highest BCUT2D eigenvalue weighted by molar-refractivity contribution is 5.29. The Morgan fingerprint density at radius 2 is 1.70 bits per heavy atom. The van der Waals surface area contributed by atoms with Gasteiger partial charge >= 0.3 is 6.61 Å². The van der Waals surface area contributed by atoms with Crippen molar-refractivity contribution in [3.63, 3.8) is 0 Å². The van der Waals surface area contributed by atoms with Crippen LogP contribution in [0.1, 0.15) is 32.4 Å². The van der Waals surface area contributed by atoms with E-state index in [1.165, 1.54) is 0 Å². The predicted octanol–water partition coefficient (Wildman–Crippen LogP) is 3.61. The number of rotatable bonds is 8. The summed E-state index contributed by atoms with van der Waals surface area (Å²) >= 11 is 0. The summed E-state index contributed by atoms with van der Waals surface area (Å²) in [5.41, 5.74) is 1.02. The average molecular weight is 287 g/mol. The molecule has 20 heavy (non-hydrogen) atoms. The Morgan fingerprint density at radius 3 is 2.15 bits per heavy atom. The SMILES string of the molecule is COCC(NC(C)c1ccc(OC(F)F)cc1)C(C)C. The maximum Gasteiger partial charge on any atom is 0.387 e. The van der Waals surface area contributed by atoms with Crippen molar-refractivity contribution in [3.05, 3.63) is 29.8 Å². The van der Waals surface area contributed by atoms with Gasteiger partial charge in [0.1, 0.15) is 5.75 Å². The number of hydrogen-bond donors (Lipinski definition) is 1. The molecule has 0 aromatic heterocycles. The third kappa shape index (κ3) is 5.43. The third-order valence-electron chi connectivity index (χ3n) is 3.22. The lowest BCUT2D eigenvalue weighted by Gasteiger charge is -2.26. The molecule has 3 nitrogen and oxygen atoms in total. The van der Waals surface area contributed by atoms with Crippen LogP contribution in [0, 0.1) is 5.92 Å². The smallest absolute Gasteiger partial charge is 0.387 e. The zero-order chi connectivity index (χ0) is 15.1. The predicted molar refractivity (Wildman–Crippen MR) is 75.1 cm³/mol. The molecule has 0 heterocycles. The standard InChI is InChI=1S/C15H23F2NO2/c1-10(2)14(9-19-4)18-11(3)12-5-7-13(8-6-12)20-15(16)17/h5-8,10-11,14-15,18H,9H2,1-4H3. The fourth-order valence-corrected chi connectivity index (χ4v) is 1.97. The van der Waals surface area contributed by atoms with E-state index in [-0.39, 0.29) is 17.8 Å². The van der Waals surface area contributed by atoms with Crippen molar-refractivity contribution in [2.75, 3.05) is 13.7 Å². The minimum Gasteiger partial charge on any atom is -0.435 e. The molecule has 0 aliphatic rings. The third-order valence-corrected chi connectivity index (χ3v) is 3.22. The zero-order valence-electron chi connectivity index (χ0n) is 12.4. The van der Waals surface area contributed by atoms with Gasteiger partial charge in [-0.05, 0) is 30.5 Å². The average Bonchev–Trinajstić information content (AvgIpc) is 2.38. The molecule has 0 fully saturated rings. The van der Waals surface area contributed by atoms with Crippen LogP contribution in [0.3, 0.4) is 0 Å². The Hall–Kier alpha value is -1.20. The maximum atomic E-state index is 12.1. The Balaban J connectivity index is 2.64. The first-order valence-corrected chi connectivity index (χ1v) is 6.73. The molecule has 0 saturated carbocycles. The van der Waals surface area contributed by atoms with Gasteiger partial charge in [0.15, 0.2) is 0 Å². The van der Waals surface area contributed by atoms with Gasteiger partial charge in [-0.15, -0.1) is 0 Å². The van der Waals surface area contributed by atoms with Crippen LogP contribution in [0.25, 0.3) is 0 Å². The molecule has 2 atom stereocenters. The van der Waals surface area contributed by atoms with Crippen LogP contribution in [0.4, 0.5) is 8.78 Å². The van der Waals surface area contributed by atoms with Gasteiger partial charge in [0.05, 0.1) is 6.61 Å². The van der Waals surface area contributed by atoms with Gasteiger partial charge in [0.25, 0.3) is 0 Å². The van der Waals surface area contributed by atoms with E-state index in [2.05, 4.69) is 23.9 Å². The Kier molecular flexibility index (Phi) is 6.88. The summed E-state index contributed by atoms with van der Waals surface area (Å²) in [4.78, 5) is 0. The van der Waals surface area contributed by atoms with E-state index in [0.717, 1.165) is 5.56 Å². The lowest BCUT2D eigenvalue weighted by molar-refractivity contribution is -0.0498. The van der Waals surface area contributed by atoms with E-state index in [9.17, 15) is 8.78 Å². The van der Waals surface area contributed by atoms with Crippen LogP contribution in [-0.4, -0.2) is 26.4 Å². The molecule has 1 aromatic carbocycles. The van der Waals surface area contributed by atoms with E-state index in [0.29, 0.717) is 12.5 Å². The molecule has 1 aromatic rings. The monoisotopic (exact) mass is 287 g/mol. The summed E-state index contributed by atoms with van der Waals surface area (Å²) < 4.78 is 33.7. The van der Waals surface area contributed by atoms with Gasteiger partial charge in [-0.3, -0.25) is 0 Å². The van der Waals surface area contributed by atoms with E-state index < -0.39 is 6.61 Å². The Labute approximate surface area is 119 Å². The van der Waals surface area contributed by atoms with E-state index in [1.807, 2.05) is 6.92 Å². The second-order valence-electron chi connectivity index (χ2n) is 5.14. The van der Waals surface area contributed by atoms with Gasteiger partial charge in [-0.25, -0.2) is 0 Å². The minimum atomic E-state index is -2.79. The van der Waals surface area contributed by atoms with Crippen molar-refractivity contribution in [2.24, 2.45) is 5.92 Å². The number of methoxy groups -OCH3 is 1. The molecule has 0 amide bonds. The van der Waals surface area contributed by atoms with Crippen LogP contribution in [-0.2, 0) is 4.74 Å². The fraction of sp³-hybridized carbons (Fsp3) is 0.600. The number of nitrogens with one attached hydrogen (secondary N) is 1. The molecule has 1 rings (SSSR count). The number of benzene rings is 1. The van der Waals surface area contributed by atoms with Crippen molar-refractivity contribution >= 4 is 0 Å². The number of hydrogen-bond acceptors (Lipinski definition) is 3. The highest BCUT2D eigenvalue weighted by Gasteiger charge is 2.16. The van der Waals surface area contributed by atoms with Crippen LogP contribution in [0.15, 0.2) is 24.3 Å². The van der Waals surface area contributed by atoms with Crippen molar-refractivity contribution in [1.29, 1.82) is 0 Å². The van der Waals surface area contributed by atoms with Gasteiger partial charge in [-0.1, -0.05) is 26.0 Å². The first-order chi connectivity index (χ1) is 9.43. The van der Waals surface area contributed by atoms with Crippen LogP contribution in [0.5, 0.6) is 5.75 Å². The topological polar surface area (TPSA) is 30.5 Å². The summed E-state index contributed by atoms with van der Waals surface area (Å²) in [6.45, 7) is 4.14. The number of halogens is 2. The molecular weight excluding hydrogens is 264 g/mol. The van der Waals surface area contributed by atoms with E-state index in [1.54, 1.807) is 31.4 Å². The normalized spacial score (nSPS) is 14.6. The summed E-state index contributed by atoms with van der Waals surface area (Å²) in [5.74, 6) is 0.618. The molecule has 2 unspecified atom stereocenters. The van der Waals surface area contributed by atoms with E-state index in [4.69, 9.17) is 4.74 Å². The van der Waals surface area contributed by atoms with Crippen molar-refractivity contribution in [3.8, 4) is 5.75 Å². The second-order valence-corrected chi connectivity index (χ2v) is 5.14. The lowest BCUT2D eigenvalue weighted by Crippen LogP contribution is -2.39. The molecule has 0 saturated heterocycles. The van der Waals surface area contributed by atoms with E-state index >= 15 is 0 Å². The Bertz CT molecular complexity index is 382. The molecular formula is C15H23F2NO2. The van der Waals surface area contributed by atoms with Gasteiger partial charge in [0.2, 0.25) is 0 Å². The zero-order valence-corrected chi connectivity index (χ0v) is 12.4. The largest absolute Gasteiger partial charge is 0.435 e. The van der Waals surface area contributed by atoms with Crippen molar-refractivity contribution in [2.45, 2.75) is 39.5 Å². The van der Waals surface area contributed by atoms with Crippen LogP contribution in [0.2, 0.25) is 0 Å². The van der Waals surface area contributed by atoms with Gasteiger partial charge < -0.3 is 14.8 Å². The number of ether oxygens (including phenoxy) is 2. The van der Waals surface area contributed by atoms with Crippen molar-refractivity contribution < 1.29 is 18.3 Å². The summed E-state index contributed by atoms with van der Waals surface area (Å²) in [6.07, 6.45) is 0. The molecule has 0 aliphatic carbocycles. The first-order valence-electron chi connectivity index (χ1n) is 6.73.